The number of nitrogens with two attached hydrogens (primary N) is 1. The minimum absolute atomic E-state index is 0.0127. The smallest absolute Gasteiger partial charge is 0.359 e. The number of rotatable bonds is 4. The highest BCUT2D eigenvalue weighted by atomic mass is 19.4. The molecule has 0 radical (unpaired) electrons. The third-order valence-corrected chi connectivity index (χ3v) is 3.11. The molecule has 2 rings (SSSR count). The van der Waals surface area contributed by atoms with Crippen LogP contribution in [0, 0.1) is 6.92 Å². The van der Waals surface area contributed by atoms with Crippen molar-refractivity contribution in [1.29, 1.82) is 0 Å². The van der Waals surface area contributed by atoms with Gasteiger partial charge in [-0.1, -0.05) is 12.1 Å². The predicted octanol–water partition coefficient (Wildman–Crippen LogP) is 2.98. The van der Waals surface area contributed by atoms with Gasteiger partial charge in [0.1, 0.15) is 6.54 Å². The van der Waals surface area contributed by atoms with Crippen molar-refractivity contribution in [3.05, 3.63) is 29.3 Å². The Kier molecular flexibility index (Phi) is 3.52. The van der Waals surface area contributed by atoms with E-state index in [1.165, 1.54) is 4.90 Å². The second-order valence-corrected chi connectivity index (χ2v) is 4.81. The van der Waals surface area contributed by atoms with E-state index >= 15 is 0 Å². The SMILES string of the molecule is Cc1ccc(CN)c(N(CC(F)(F)F)C2CC2)c1. The Labute approximate surface area is 105 Å². The van der Waals surface area contributed by atoms with Gasteiger partial charge in [-0.05, 0) is 37.0 Å². The van der Waals surface area contributed by atoms with E-state index < -0.39 is 12.7 Å². The number of halogens is 3. The zero-order valence-corrected chi connectivity index (χ0v) is 10.3. The van der Waals surface area contributed by atoms with Gasteiger partial charge in [0.25, 0.3) is 0 Å². The second-order valence-electron chi connectivity index (χ2n) is 4.81. The Morgan fingerprint density at radius 1 is 1.33 bits per heavy atom. The van der Waals surface area contributed by atoms with Crippen molar-refractivity contribution in [2.24, 2.45) is 5.73 Å². The maximum Gasteiger partial charge on any atom is 0.405 e. The monoisotopic (exact) mass is 258 g/mol. The lowest BCUT2D eigenvalue weighted by Gasteiger charge is -2.28. The molecule has 0 heterocycles. The summed E-state index contributed by atoms with van der Waals surface area (Å²) in [5.74, 6) is 0. The first-order chi connectivity index (χ1) is 8.40. The van der Waals surface area contributed by atoms with Gasteiger partial charge in [-0.2, -0.15) is 13.2 Å². The molecule has 1 aromatic carbocycles. The van der Waals surface area contributed by atoms with Crippen LogP contribution in [0.4, 0.5) is 18.9 Å². The van der Waals surface area contributed by atoms with E-state index in [0.29, 0.717) is 5.69 Å². The topological polar surface area (TPSA) is 29.3 Å². The molecule has 0 amide bonds. The van der Waals surface area contributed by atoms with E-state index in [1.54, 1.807) is 6.07 Å². The molecule has 18 heavy (non-hydrogen) atoms. The molecular formula is C13H17F3N2. The van der Waals surface area contributed by atoms with Crippen molar-refractivity contribution in [2.75, 3.05) is 11.4 Å². The molecule has 2 N–H and O–H groups in total. The fraction of sp³-hybridized carbons (Fsp3) is 0.538. The number of anilines is 1. The Balaban J connectivity index is 2.32. The summed E-state index contributed by atoms with van der Waals surface area (Å²) in [6, 6.07) is 5.51. The number of alkyl halides is 3. The highest BCUT2D eigenvalue weighted by Crippen LogP contribution is 2.36. The molecule has 0 aliphatic heterocycles. The standard InChI is InChI=1S/C13H17F3N2/c1-9-2-3-10(7-17)12(6-9)18(11-4-5-11)8-13(14,15)16/h2-3,6,11H,4-5,7-8,17H2,1H3. The Morgan fingerprint density at radius 3 is 2.50 bits per heavy atom. The number of hydrogen-bond donors (Lipinski definition) is 1. The maximum absolute atomic E-state index is 12.6. The first-order valence-corrected chi connectivity index (χ1v) is 6.03. The quantitative estimate of drug-likeness (QED) is 0.899. The average molecular weight is 258 g/mol. The van der Waals surface area contributed by atoms with Crippen LogP contribution in [0.15, 0.2) is 18.2 Å². The normalized spacial score (nSPS) is 15.8. The number of benzene rings is 1. The van der Waals surface area contributed by atoms with Crippen molar-refractivity contribution in [1.82, 2.24) is 0 Å². The van der Waals surface area contributed by atoms with Crippen LogP contribution in [0.3, 0.4) is 0 Å². The van der Waals surface area contributed by atoms with E-state index in [9.17, 15) is 13.2 Å². The number of hydrogen-bond acceptors (Lipinski definition) is 2. The molecular weight excluding hydrogens is 241 g/mol. The molecule has 1 saturated carbocycles. The van der Waals surface area contributed by atoms with Crippen molar-refractivity contribution in [3.8, 4) is 0 Å². The molecule has 0 aromatic heterocycles. The van der Waals surface area contributed by atoms with E-state index in [2.05, 4.69) is 0 Å². The molecule has 0 spiro atoms. The van der Waals surface area contributed by atoms with Crippen LogP contribution in [0.1, 0.15) is 24.0 Å². The molecule has 0 atom stereocenters. The lowest BCUT2D eigenvalue weighted by atomic mass is 10.1. The summed E-state index contributed by atoms with van der Waals surface area (Å²) in [5, 5.41) is 0. The number of nitrogens with zero attached hydrogens (tertiary/aromatic N) is 1. The Hall–Kier alpha value is -1.23. The fourth-order valence-electron chi connectivity index (χ4n) is 2.10. The van der Waals surface area contributed by atoms with Crippen LogP contribution in [0.25, 0.3) is 0 Å². The van der Waals surface area contributed by atoms with E-state index in [1.807, 2.05) is 19.1 Å². The highest BCUT2D eigenvalue weighted by molar-refractivity contribution is 5.57. The molecule has 2 nitrogen and oxygen atoms in total. The second kappa shape index (κ2) is 4.80. The van der Waals surface area contributed by atoms with Crippen LogP contribution >= 0.6 is 0 Å². The van der Waals surface area contributed by atoms with E-state index in [4.69, 9.17) is 5.73 Å². The van der Waals surface area contributed by atoms with Gasteiger partial charge in [-0.25, -0.2) is 0 Å². The number of aryl methyl sites for hydroxylation is 1. The summed E-state index contributed by atoms with van der Waals surface area (Å²) < 4.78 is 37.9. The molecule has 100 valence electrons. The van der Waals surface area contributed by atoms with Crippen molar-refractivity contribution < 1.29 is 13.2 Å². The van der Waals surface area contributed by atoms with Gasteiger partial charge in [0.2, 0.25) is 0 Å². The third-order valence-electron chi connectivity index (χ3n) is 3.11. The van der Waals surface area contributed by atoms with Crippen LogP contribution in [0.2, 0.25) is 0 Å². The highest BCUT2D eigenvalue weighted by Gasteiger charge is 2.38. The van der Waals surface area contributed by atoms with Crippen LogP contribution in [-0.4, -0.2) is 18.8 Å². The molecule has 0 saturated heterocycles. The van der Waals surface area contributed by atoms with E-state index in [0.717, 1.165) is 24.0 Å². The zero-order valence-electron chi connectivity index (χ0n) is 10.3. The van der Waals surface area contributed by atoms with Crippen LogP contribution in [-0.2, 0) is 6.54 Å². The summed E-state index contributed by atoms with van der Waals surface area (Å²) >= 11 is 0. The third kappa shape index (κ3) is 3.16. The van der Waals surface area contributed by atoms with Gasteiger partial charge in [0, 0.05) is 18.3 Å². The van der Waals surface area contributed by atoms with Gasteiger partial charge in [0.15, 0.2) is 0 Å². The Morgan fingerprint density at radius 2 is 2.00 bits per heavy atom. The van der Waals surface area contributed by atoms with Crippen molar-refractivity contribution >= 4 is 5.69 Å². The first-order valence-electron chi connectivity index (χ1n) is 6.03. The molecule has 1 aliphatic carbocycles. The van der Waals surface area contributed by atoms with Gasteiger partial charge >= 0.3 is 6.18 Å². The van der Waals surface area contributed by atoms with E-state index in [-0.39, 0.29) is 12.6 Å². The maximum atomic E-state index is 12.6. The summed E-state index contributed by atoms with van der Waals surface area (Å²) in [4.78, 5) is 1.45. The molecule has 0 bridgehead atoms. The minimum Gasteiger partial charge on any atom is -0.359 e. The average Bonchev–Trinajstić information content (AvgIpc) is 3.08. The summed E-state index contributed by atoms with van der Waals surface area (Å²) in [5.41, 5.74) is 7.98. The van der Waals surface area contributed by atoms with Crippen molar-refractivity contribution in [2.45, 2.75) is 38.5 Å². The lowest BCUT2D eigenvalue weighted by Crippen LogP contribution is -2.36. The van der Waals surface area contributed by atoms with Crippen LogP contribution < -0.4 is 10.6 Å². The summed E-state index contributed by atoms with van der Waals surface area (Å²) in [7, 11) is 0. The predicted molar refractivity (Wildman–Crippen MR) is 65.5 cm³/mol. The van der Waals surface area contributed by atoms with Gasteiger partial charge < -0.3 is 10.6 Å². The minimum atomic E-state index is -4.18. The van der Waals surface area contributed by atoms with Gasteiger partial charge in [-0.15, -0.1) is 0 Å². The lowest BCUT2D eigenvalue weighted by molar-refractivity contribution is -0.120. The first kappa shape index (κ1) is 13.2. The molecule has 1 fully saturated rings. The fourth-order valence-corrected chi connectivity index (χ4v) is 2.10. The summed E-state index contributed by atoms with van der Waals surface area (Å²) in [6.07, 6.45) is -2.53. The zero-order chi connectivity index (χ0) is 13.3. The largest absolute Gasteiger partial charge is 0.405 e. The van der Waals surface area contributed by atoms with Crippen LogP contribution in [0.5, 0.6) is 0 Å². The Bertz CT molecular complexity index is 425. The summed E-state index contributed by atoms with van der Waals surface area (Å²) in [6.45, 7) is 1.24. The van der Waals surface area contributed by atoms with Crippen molar-refractivity contribution in [3.63, 3.8) is 0 Å². The molecule has 5 heteroatoms. The molecule has 0 unspecified atom stereocenters. The van der Waals surface area contributed by atoms with Gasteiger partial charge in [-0.3, -0.25) is 0 Å². The molecule has 1 aromatic rings. The molecule has 1 aliphatic rings. The van der Waals surface area contributed by atoms with Gasteiger partial charge in [0.05, 0.1) is 0 Å².